The van der Waals surface area contributed by atoms with Crippen molar-refractivity contribution >= 4 is 17.7 Å². The molecule has 0 spiro atoms. The number of unbranched alkanes of at least 4 members (excludes halogenated alkanes) is 2. The Hall–Kier alpha value is -1.34. The van der Waals surface area contributed by atoms with Crippen LogP contribution in [0.2, 0.25) is 5.02 Å². The van der Waals surface area contributed by atoms with E-state index in [2.05, 4.69) is 11.8 Å². The van der Waals surface area contributed by atoms with Crippen LogP contribution in [0.3, 0.4) is 0 Å². The van der Waals surface area contributed by atoms with Gasteiger partial charge < -0.3 is 24.4 Å². The van der Waals surface area contributed by atoms with E-state index in [9.17, 15) is 4.79 Å². The summed E-state index contributed by atoms with van der Waals surface area (Å²) in [6.45, 7) is 5.95. The molecule has 1 saturated carbocycles. The average molecular weight is 441 g/mol. The molecule has 170 valence electrons. The summed E-state index contributed by atoms with van der Waals surface area (Å²) >= 11 is 5.86. The molecule has 0 aliphatic heterocycles. The Morgan fingerprint density at radius 3 is 2.43 bits per heavy atom. The third-order valence-corrected chi connectivity index (χ3v) is 6.09. The number of halogens is 1. The summed E-state index contributed by atoms with van der Waals surface area (Å²) in [5.41, 5.74) is 0. The first-order valence-corrected chi connectivity index (χ1v) is 11.6. The zero-order chi connectivity index (χ0) is 21.8. The quantitative estimate of drug-likeness (QED) is 0.482. The molecule has 6 nitrogen and oxygen atoms in total. The monoisotopic (exact) mass is 440 g/mol. The minimum Gasteiger partial charge on any atom is -0.410 e. The molecule has 1 N–H and O–H groups in total. The maximum Gasteiger partial charge on any atom is 0.415 e. The molecule has 0 unspecified atom stereocenters. The minimum absolute atomic E-state index is 0.191. The molecular weight excluding hydrogens is 404 g/mol. The lowest BCUT2D eigenvalue weighted by Gasteiger charge is -2.34. The molecule has 0 atom stereocenters. The first-order chi connectivity index (χ1) is 14.5. The fraction of sp³-hybridized carbons (Fsp3) is 0.696. The molecule has 1 amide bonds. The Bertz CT molecular complexity index is 606. The van der Waals surface area contributed by atoms with Crippen molar-refractivity contribution < 1.29 is 19.4 Å². The van der Waals surface area contributed by atoms with Crippen molar-refractivity contribution in [1.29, 1.82) is 0 Å². The molecule has 0 heterocycles. The summed E-state index contributed by atoms with van der Waals surface area (Å²) < 4.78 is 11.5. The Morgan fingerprint density at radius 1 is 1.10 bits per heavy atom. The summed E-state index contributed by atoms with van der Waals surface area (Å²) in [7, 11) is 1.81. The Kier molecular flexibility index (Phi) is 11.5. The van der Waals surface area contributed by atoms with Crippen LogP contribution in [0.1, 0.15) is 51.9 Å². The maximum atomic E-state index is 12.4. The number of hydrogen-bond donors (Lipinski definition) is 1. The molecule has 1 aliphatic carbocycles. The number of ether oxygens (including phenoxy) is 2. The first kappa shape index (κ1) is 24.9. The summed E-state index contributed by atoms with van der Waals surface area (Å²) in [6.07, 6.45) is 7.15. The highest BCUT2D eigenvalue weighted by molar-refractivity contribution is 6.30. The summed E-state index contributed by atoms with van der Waals surface area (Å²) in [6, 6.07) is 7.01. The molecule has 0 saturated heterocycles. The second-order valence-electron chi connectivity index (χ2n) is 7.95. The Morgan fingerprint density at radius 2 is 1.80 bits per heavy atom. The Balaban J connectivity index is 1.58. The van der Waals surface area contributed by atoms with E-state index >= 15 is 0 Å². The van der Waals surface area contributed by atoms with Crippen molar-refractivity contribution in [2.24, 2.45) is 0 Å². The summed E-state index contributed by atoms with van der Waals surface area (Å²) in [4.78, 5) is 16.4. The van der Waals surface area contributed by atoms with Crippen LogP contribution in [0.25, 0.3) is 0 Å². The first-order valence-electron chi connectivity index (χ1n) is 11.2. The van der Waals surface area contributed by atoms with E-state index in [-0.39, 0.29) is 18.7 Å². The average Bonchev–Trinajstić information content (AvgIpc) is 2.76. The third-order valence-electron chi connectivity index (χ3n) is 5.83. The van der Waals surface area contributed by atoms with Gasteiger partial charge in [-0.1, -0.05) is 18.5 Å². The van der Waals surface area contributed by atoms with Gasteiger partial charge in [-0.25, -0.2) is 4.79 Å². The van der Waals surface area contributed by atoms with Crippen molar-refractivity contribution in [3.63, 3.8) is 0 Å². The number of hydrogen-bond acceptors (Lipinski definition) is 5. The summed E-state index contributed by atoms with van der Waals surface area (Å²) in [5, 5.41) is 9.63. The van der Waals surface area contributed by atoms with E-state index in [1.807, 2.05) is 0 Å². The van der Waals surface area contributed by atoms with Gasteiger partial charge in [0.25, 0.3) is 0 Å². The van der Waals surface area contributed by atoms with E-state index < -0.39 is 0 Å². The highest BCUT2D eigenvalue weighted by Crippen LogP contribution is 2.26. The van der Waals surface area contributed by atoms with Crippen molar-refractivity contribution in [2.75, 3.05) is 39.9 Å². The molecule has 2 rings (SSSR count). The number of aliphatic hydroxyl groups is 1. The van der Waals surface area contributed by atoms with E-state index in [0.29, 0.717) is 16.9 Å². The van der Waals surface area contributed by atoms with Crippen LogP contribution in [0.5, 0.6) is 5.75 Å². The topological polar surface area (TPSA) is 62.2 Å². The van der Waals surface area contributed by atoms with Gasteiger partial charge in [-0.2, -0.15) is 0 Å². The lowest BCUT2D eigenvalue weighted by atomic mass is 9.92. The molecule has 0 aromatic heterocycles. The molecule has 0 radical (unpaired) electrons. The van der Waals surface area contributed by atoms with E-state index in [4.69, 9.17) is 26.2 Å². The molecular formula is C23H37ClN2O4. The van der Waals surface area contributed by atoms with Crippen molar-refractivity contribution in [3.05, 3.63) is 29.3 Å². The predicted octanol–water partition coefficient (Wildman–Crippen LogP) is 4.58. The predicted molar refractivity (Wildman–Crippen MR) is 120 cm³/mol. The highest BCUT2D eigenvalue weighted by Gasteiger charge is 2.27. The van der Waals surface area contributed by atoms with Gasteiger partial charge in [0.05, 0.1) is 12.7 Å². The largest absolute Gasteiger partial charge is 0.415 e. The number of carbonyl (C=O) groups is 1. The summed E-state index contributed by atoms with van der Waals surface area (Å²) in [5.74, 6) is 0.506. The van der Waals surface area contributed by atoms with E-state index in [1.54, 1.807) is 36.2 Å². The van der Waals surface area contributed by atoms with Gasteiger partial charge in [0.1, 0.15) is 5.75 Å². The van der Waals surface area contributed by atoms with Crippen LogP contribution in [-0.2, 0) is 4.74 Å². The molecule has 7 heteroatoms. The number of benzene rings is 1. The van der Waals surface area contributed by atoms with Crippen LogP contribution >= 0.6 is 11.6 Å². The lowest BCUT2D eigenvalue weighted by Crippen LogP contribution is -2.42. The van der Waals surface area contributed by atoms with Gasteiger partial charge in [0.15, 0.2) is 0 Å². The Labute approximate surface area is 186 Å². The lowest BCUT2D eigenvalue weighted by molar-refractivity contribution is 0.0103. The van der Waals surface area contributed by atoms with Gasteiger partial charge in [-0.05, 0) is 82.3 Å². The zero-order valence-electron chi connectivity index (χ0n) is 18.4. The van der Waals surface area contributed by atoms with Crippen LogP contribution in [-0.4, -0.2) is 73.0 Å². The van der Waals surface area contributed by atoms with Gasteiger partial charge >= 0.3 is 6.09 Å². The molecule has 1 aliphatic rings. The van der Waals surface area contributed by atoms with E-state index in [1.165, 1.54) is 0 Å². The van der Waals surface area contributed by atoms with Crippen LogP contribution in [0, 0.1) is 0 Å². The number of carbonyl (C=O) groups excluding carboxylic acids is 1. The number of rotatable bonds is 12. The van der Waals surface area contributed by atoms with Gasteiger partial charge in [-0.15, -0.1) is 0 Å². The second kappa shape index (κ2) is 13.9. The standard InChI is InChI=1S/C23H37ClN2O4/c1-3-26(16-17-27)15-5-4-6-18-29-21-13-9-20(10-14-21)25(2)23(28)30-22-11-7-19(24)8-12-22/h7-8,11-12,20-21,27H,3-6,9-10,13-18H2,1-2H3/t20-,21-. The maximum absolute atomic E-state index is 12.4. The van der Waals surface area contributed by atoms with Crippen molar-refractivity contribution in [2.45, 2.75) is 64.0 Å². The number of amides is 1. The number of nitrogens with zero attached hydrogens (tertiary/aromatic N) is 2. The number of likely N-dealkylation sites (N-methyl/N-ethyl adjacent to an activating group) is 1. The normalized spacial score (nSPS) is 19.1. The molecule has 30 heavy (non-hydrogen) atoms. The molecule has 1 fully saturated rings. The molecule has 1 aromatic carbocycles. The minimum atomic E-state index is -0.330. The van der Waals surface area contributed by atoms with Gasteiger partial charge in [0.2, 0.25) is 0 Å². The second-order valence-corrected chi connectivity index (χ2v) is 8.39. The fourth-order valence-electron chi connectivity index (χ4n) is 3.86. The van der Waals surface area contributed by atoms with Crippen LogP contribution in [0.15, 0.2) is 24.3 Å². The molecule has 0 bridgehead atoms. The third kappa shape index (κ3) is 8.80. The smallest absolute Gasteiger partial charge is 0.410 e. The van der Waals surface area contributed by atoms with Gasteiger partial charge in [-0.3, -0.25) is 0 Å². The fourth-order valence-corrected chi connectivity index (χ4v) is 3.98. The zero-order valence-corrected chi connectivity index (χ0v) is 19.1. The van der Waals surface area contributed by atoms with Crippen LogP contribution in [0.4, 0.5) is 4.79 Å². The highest BCUT2D eigenvalue weighted by atomic mass is 35.5. The van der Waals surface area contributed by atoms with Crippen molar-refractivity contribution in [1.82, 2.24) is 9.80 Å². The van der Waals surface area contributed by atoms with Crippen LogP contribution < -0.4 is 4.74 Å². The SMILES string of the molecule is CCN(CCO)CCCCCO[C@H]1CC[C@H](N(C)C(=O)Oc2ccc(Cl)cc2)CC1. The van der Waals surface area contributed by atoms with Gasteiger partial charge in [0, 0.05) is 31.3 Å². The van der Waals surface area contributed by atoms with E-state index in [0.717, 1.165) is 71.2 Å². The molecule has 1 aromatic rings. The van der Waals surface area contributed by atoms with Crippen molar-refractivity contribution in [3.8, 4) is 5.75 Å². The number of aliphatic hydroxyl groups excluding tert-OH is 1.